The number of thiocarbonyl (C=S) groups is 1. The summed E-state index contributed by atoms with van der Waals surface area (Å²) in [6.07, 6.45) is 2.61. The van der Waals surface area contributed by atoms with Gasteiger partial charge in [0, 0.05) is 0 Å². The van der Waals surface area contributed by atoms with E-state index < -0.39 is 0 Å². The van der Waals surface area contributed by atoms with Crippen LogP contribution in [0.1, 0.15) is 26.7 Å². The van der Waals surface area contributed by atoms with Crippen LogP contribution in [0, 0.1) is 11.3 Å². The highest BCUT2D eigenvalue weighted by molar-refractivity contribution is 7.79. The van der Waals surface area contributed by atoms with E-state index in [9.17, 15) is 0 Å². The molecule has 2 atom stereocenters. The highest BCUT2D eigenvalue weighted by atomic mass is 32.1. The Morgan fingerprint density at radius 1 is 1.88 bits per heavy atom. The first kappa shape index (κ1) is 6.21. The molecule has 1 saturated carbocycles. The van der Waals surface area contributed by atoms with Crippen LogP contribution in [0.25, 0.3) is 0 Å². The quantitative estimate of drug-likeness (QED) is 0.515. The maximum Gasteiger partial charge on any atom is -0.00690 e. The SMILES string of the molecule is CCC1(C)CC1C=S. The van der Waals surface area contributed by atoms with Gasteiger partial charge in [0.15, 0.2) is 0 Å². The lowest BCUT2D eigenvalue weighted by molar-refractivity contribution is 0.531. The van der Waals surface area contributed by atoms with Gasteiger partial charge in [0.05, 0.1) is 0 Å². The van der Waals surface area contributed by atoms with Crippen LogP contribution in [0.3, 0.4) is 0 Å². The van der Waals surface area contributed by atoms with Crippen molar-refractivity contribution in [1.29, 1.82) is 0 Å². The third kappa shape index (κ3) is 0.795. The third-order valence-corrected chi connectivity index (χ3v) is 2.72. The molecule has 0 aromatic heterocycles. The van der Waals surface area contributed by atoms with E-state index in [1.54, 1.807) is 0 Å². The van der Waals surface area contributed by atoms with Crippen LogP contribution in [0.4, 0.5) is 0 Å². The first-order chi connectivity index (χ1) is 3.73. The zero-order chi connectivity index (χ0) is 6.20. The number of hydrogen-bond donors (Lipinski definition) is 0. The predicted octanol–water partition coefficient (Wildman–Crippen LogP) is 2.42. The molecule has 0 saturated heterocycles. The average molecular weight is 128 g/mol. The predicted molar refractivity (Wildman–Crippen MR) is 40.2 cm³/mol. The minimum absolute atomic E-state index is 0.599. The van der Waals surface area contributed by atoms with E-state index in [2.05, 4.69) is 13.8 Å². The van der Waals surface area contributed by atoms with E-state index in [4.69, 9.17) is 12.2 Å². The number of rotatable bonds is 2. The molecular formula is C7H12S. The molecule has 1 aliphatic carbocycles. The lowest BCUT2D eigenvalue weighted by Gasteiger charge is -2.01. The Kier molecular flexibility index (Phi) is 1.40. The van der Waals surface area contributed by atoms with Gasteiger partial charge in [-0.15, -0.1) is 0 Å². The van der Waals surface area contributed by atoms with Crippen LogP contribution in [0.5, 0.6) is 0 Å². The maximum absolute atomic E-state index is 4.83. The summed E-state index contributed by atoms with van der Waals surface area (Å²) in [6, 6.07) is 0. The molecule has 0 aliphatic heterocycles. The Bertz CT molecular complexity index is 109. The summed E-state index contributed by atoms with van der Waals surface area (Å²) in [4.78, 5) is 0. The summed E-state index contributed by atoms with van der Waals surface area (Å²) in [5.74, 6) is 0.752. The first-order valence-electron chi connectivity index (χ1n) is 3.18. The van der Waals surface area contributed by atoms with E-state index in [0.717, 1.165) is 5.92 Å². The van der Waals surface area contributed by atoms with Crippen molar-refractivity contribution in [3.63, 3.8) is 0 Å². The van der Waals surface area contributed by atoms with E-state index in [-0.39, 0.29) is 0 Å². The van der Waals surface area contributed by atoms with Crippen molar-refractivity contribution in [1.82, 2.24) is 0 Å². The fourth-order valence-corrected chi connectivity index (χ4v) is 1.49. The molecule has 1 aliphatic rings. The van der Waals surface area contributed by atoms with E-state index >= 15 is 0 Å². The van der Waals surface area contributed by atoms with Crippen molar-refractivity contribution in [3.8, 4) is 0 Å². The normalized spacial score (nSPS) is 44.0. The summed E-state index contributed by atoms with van der Waals surface area (Å²) >= 11 is 4.83. The fourth-order valence-electron chi connectivity index (χ4n) is 1.06. The van der Waals surface area contributed by atoms with Crippen molar-refractivity contribution >= 4 is 17.6 Å². The van der Waals surface area contributed by atoms with Gasteiger partial charge in [-0.1, -0.05) is 32.5 Å². The van der Waals surface area contributed by atoms with E-state index in [0.29, 0.717) is 5.41 Å². The molecule has 1 rings (SSSR count). The smallest absolute Gasteiger partial charge is 0.00690 e. The molecule has 0 N–H and O–H groups in total. The van der Waals surface area contributed by atoms with Gasteiger partial charge in [-0.3, -0.25) is 0 Å². The Morgan fingerprint density at radius 2 is 2.50 bits per heavy atom. The van der Waals surface area contributed by atoms with Gasteiger partial charge < -0.3 is 0 Å². The molecule has 0 bridgehead atoms. The van der Waals surface area contributed by atoms with Gasteiger partial charge in [0.1, 0.15) is 0 Å². The van der Waals surface area contributed by atoms with Crippen molar-refractivity contribution in [3.05, 3.63) is 0 Å². The maximum atomic E-state index is 4.83. The molecule has 0 nitrogen and oxygen atoms in total. The minimum atomic E-state index is 0.599. The molecule has 2 unspecified atom stereocenters. The molecule has 0 aromatic carbocycles. The highest BCUT2D eigenvalue weighted by Gasteiger charge is 2.46. The molecule has 0 spiro atoms. The van der Waals surface area contributed by atoms with Crippen molar-refractivity contribution in [2.75, 3.05) is 0 Å². The second-order valence-electron chi connectivity index (χ2n) is 2.95. The molecule has 0 radical (unpaired) electrons. The van der Waals surface area contributed by atoms with Gasteiger partial charge in [-0.05, 0) is 23.1 Å². The van der Waals surface area contributed by atoms with Crippen LogP contribution < -0.4 is 0 Å². The summed E-state index contributed by atoms with van der Waals surface area (Å²) in [5, 5.41) is 1.92. The molecule has 1 fully saturated rings. The Balaban J connectivity index is 2.42. The van der Waals surface area contributed by atoms with Crippen LogP contribution in [-0.2, 0) is 0 Å². The Labute approximate surface area is 56.3 Å². The molecule has 8 heavy (non-hydrogen) atoms. The standard InChI is InChI=1S/C7H12S/c1-3-7(2)4-6(7)5-8/h5-6H,3-4H2,1-2H3. The molecule has 1 heteroatoms. The topological polar surface area (TPSA) is 0 Å². The molecule has 0 amide bonds. The zero-order valence-electron chi connectivity index (χ0n) is 5.48. The van der Waals surface area contributed by atoms with Crippen LogP contribution in [-0.4, -0.2) is 5.37 Å². The highest BCUT2D eigenvalue weighted by Crippen LogP contribution is 2.53. The van der Waals surface area contributed by atoms with Gasteiger partial charge in [0.25, 0.3) is 0 Å². The van der Waals surface area contributed by atoms with Crippen molar-refractivity contribution in [2.24, 2.45) is 11.3 Å². The monoisotopic (exact) mass is 128 g/mol. The van der Waals surface area contributed by atoms with Gasteiger partial charge >= 0.3 is 0 Å². The van der Waals surface area contributed by atoms with Crippen LogP contribution in [0.2, 0.25) is 0 Å². The lowest BCUT2D eigenvalue weighted by Crippen LogP contribution is -1.93. The van der Waals surface area contributed by atoms with Crippen molar-refractivity contribution < 1.29 is 0 Å². The average Bonchev–Trinajstić information content (AvgIpc) is 2.44. The number of hydrogen-bond acceptors (Lipinski definition) is 1. The largest absolute Gasteiger partial charge is 0.0932 e. The summed E-state index contributed by atoms with van der Waals surface area (Å²) in [6.45, 7) is 4.54. The Morgan fingerprint density at radius 3 is 2.62 bits per heavy atom. The second kappa shape index (κ2) is 1.80. The molecule has 0 aromatic rings. The third-order valence-electron chi connectivity index (χ3n) is 2.39. The molecule has 0 heterocycles. The minimum Gasteiger partial charge on any atom is -0.0932 e. The van der Waals surface area contributed by atoms with Gasteiger partial charge in [-0.2, -0.15) is 0 Å². The molecule has 46 valence electrons. The van der Waals surface area contributed by atoms with Crippen LogP contribution in [0.15, 0.2) is 0 Å². The zero-order valence-corrected chi connectivity index (χ0v) is 6.29. The second-order valence-corrected chi connectivity index (χ2v) is 3.23. The van der Waals surface area contributed by atoms with Crippen molar-refractivity contribution in [2.45, 2.75) is 26.7 Å². The summed E-state index contributed by atoms with van der Waals surface area (Å²) in [7, 11) is 0. The van der Waals surface area contributed by atoms with Gasteiger partial charge in [0.2, 0.25) is 0 Å². The summed E-state index contributed by atoms with van der Waals surface area (Å²) < 4.78 is 0. The first-order valence-corrected chi connectivity index (χ1v) is 3.65. The van der Waals surface area contributed by atoms with E-state index in [1.165, 1.54) is 12.8 Å². The molecular weight excluding hydrogens is 116 g/mol. The lowest BCUT2D eigenvalue weighted by atomic mass is 10.0. The van der Waals surface area contributed by atoms with Crippen LogP contribution >= 0.6 is 12.2 Å². The summed E-state index contributed by atoms with van der Waals surface area (Å²) in [5.41, 5.74) is 0.599. The Hall–Kier alpha value is 0.0900. The van der Waals surface area contributed by atoms with Gasteiger partial charge in [-0.25, -0.2) is 0 Å². The fraction of sp³-hybridized carbons (Fsp3) is 0.857. The van der Waals surface area contributed by atoms with E-state index in [1.807, 2.05) is 5.37 Å².